The van der Waals surface area contributed by atoms with Gasteiger partial charge in [-0.25, -0.2) is 4.79 Å². The number of carbonyl (C=O) groups excluding carboxylic acids is 6. The second kappa shape index (κ2) is 23.1. The van der Waals surface area contributed by atoms with E-state index in [1.807, 2.05) is 58.0 Å². The minimum atomic E-state index is -0.918. The fraction of sp³-hybridized carbons (Fsp3) is 0.676. The number of aldehydes is 1. The number of amides is 4. The first-order valence-electron chi connectivity index (χ1n) is 17.4. The molecule has 1 heterocycles. The van der Waals surface area contributed by atoms with Crippen molar-refractivity contribution in [2.45, 2.75) is 125 Å². The molecule has 1 aromatic carbocycles. The number of nitrogens with one attached hydrogen (secondary N) is 2. The molecule has 1 aliphatic heterocycles. The van der Waals surface area contributed by atoms with E-state index in [0.717, 1.165) is 43.4 Å². The van der Waals surface area contributed by atoms with Crippen LogP contribution < -0.4 is 22.1 Å². The van der Waals surface area contributed by atoms with Crippen molar-refractivity contribution in [3.05, 3.63) is 35.9 Å². The third-order valence-electron chi connectivity index (χ3n) is 7.15. The number of rotatable bonds is 12. The van der Waals surface area contributed by atoms with Gasteiger partial charge in [-0.3, -0.25) is 19.2 Å². The van der Waals surface area contributed by atoms with Crippen molar-refractivity contribution in [3.63, 3.8) is 0 Å². The van der Waals surface area contributed by atoms with Gasteiger partial charge in [-0.2, -0.15) is 0 Å². The van der Waals surface area contributed by atoms with Gasteiger partial charge in [0.15, 0.2) is 0 Å². The van der Waals surface area contributed by atoms with Crippen LogP contribution in [0.3, 0.4) is 0 Å². The molecule has 0 spiro atoms. The summed E-state index contributed by atoms with van der Waals surface area (Å²) in [4.78, 5) is 71.3. The lowest BCUT2D eigenvalue weighted by molar-refractivity contribution is -0.147. The van der Waals surface area contributed by atoms with Gasteiger partial charge in [0.2, 0.25) is 11.7 Å². The molecule has 3 rings (SSSR count). The number of benzene rings is 1. The van der Waals surface area contributed by atoms with Crippen LogP contribution in [0.25, 0.3) is 0 Å². The summed E-state index contributed by atoms with van der Waals surface area (Å²) in [7, 11) is 0. The lowest BCUT2D eigenvalue weighted by Gasteiger charge is -2.34. The number of carbonyl (C=O) groups is 6. The number of halogens is 1. The van der Waals surface area contributed by atoms with Crippen molar-refractivity contribution in [3.8, 4) is 0 Å². The number of alkyl halides is 1. The Labute approximate surface area is 304 Å². The quantitative estimate of drug-likeness (QED) is 0.0997. The number of hydrogen-bond acceptors (Lipinski definition) is 8. The largest absolute Gasteiger partial charge is 0.456 e. The van der Waals surface area contributed by atoms with Crippen LogP contribution in [0, 0.1) is 16.7 Å². The number of ketones is 1. The number of ether oxygens (including phenoxy) is 1. The Morgan fingerprint density at radius 1 is 1.02 bits per heavy atom. The second-order valence-electron chi connectivity index (χ2n) is 15.2. The molecule has 0 bridgehead atoms. The summed E-state index contributed by atoms with van der Waals surface area (Å²) in [5, 5.41) is 5.10. The Morgan fingerprint density at radius 3 is 2.00 bits per heavy atom. The molecule has 1 aliphatic carbocycles. The molecule has 1 saturated heterocycles. The van der Waals surface area contributed by atoms with Crippen LogP contribution >= 0.6 is 11.6 Å². The van der Waals surface area contributed by atoms with E-state index in [9.17, 15) is 28.8 Å². The molecule has 0 aromatic heterocycles. The van der Waals surface area contributed by atoms with Gasteiger partial charge in [0.25, 0.3) is 5.91 Å². The van der Waals surface area contributed by atoms with E-state index in [4.69, 9.17) is 27.8 Å². The van der Waals surface area contributed by atoms with Crippen molar-refractivity contribution in [2.75, 3.05) is 19.0 Å². The summed E-state index contributed by atoms with van der Waals surface area (Å²) in [6, 6.07) is 6.67. The standard InChI is InChI=1S/C22H31N3O5.C7H12N2O2.C5H12.C3H7Cl/c1-15(16-9-6-5-7-10-16)30-18(27)13-23-21(29)24-19(22(2,3)4)20(28)25-12-8-11-17(25)14-26;8-5(3-4-1-2-4)6(10)7(9)11;1-5(2,3)4;1-2-3-4/h5-7,9-10,14-15,17,19H,8,11-13H2,1-4H3,(H2,23,24,29);4-5H,1-3,8H2,(H2,9,11);1-4H3;2-3H2,1H3/t15-,17?,19?;;;/m0.../s1. The molecule has 4 atom stereocenters. The van der Waals surface area contributed by atoms with E-state index in [0.29, 0.717) is 30.7 Å². The highest BCUT2D eigenvalue weighted by Gasteiger charge is 2.39. The first-order valence-corrected chi connectivity index (χ1v) is 17.9. The van der Waals surface area contributed by atoms with Crippen molar-refractivity contribution in [1.82, 2.24) is 15.5 Å². The number of Topliss-reactive ketones (excluding diaryl/α,β-unsaturated/α-hetero) is 1. The summed E-state index contributed by atoms with van der Waals surface area (Å²) >= 11 is 5.19. The molecule has 2 aliphatic rings. The van der Waals surface area contributed by atoms with Gasteiger partial charge in [0, 0.05) is 12.4 Å². The molecule has 4 amide bonds. The van der Waals surface area contributed by atoms with Gasteiger partial charge in [0.05, 0.1) is 12.1 Å². The molecule has 1 aromatic rings. The minimum absolute atomic E-state index is 0.299. The van der Waals surface area contributed by atoms with Gasteiger partial charge < -0.3 is 36.5 Å². The lowest BCUT2D eigenvalue weighted by Crippen LogP contribution is -2.58. The molecular formula is C37H62ClN5O7. The molecule has 13 heteroatoms. The molecule has 2 fully saturated rings. The Morgan fingerprint density at radius 2 is 1.56 bits per heavy atom. The molecule has 1 saturated carbocycles. The highest BCUT2D eigenvalue weighted by molar-refractivity contribution is 6.37. The van der Waals surface area contributed by atoms with Crippen molar-refractivity contribution < 1.29 is 33.5 Å². The fourth-order valence-corrected chi connectivity index (χ4v) is 4.39. The SMILES string of the molecule is CC(C)(C)C.CCCCl.C[C@H](OC(=O)CNC(=O)NC(C(=O)N1CCCC1C=O)C(C)(C)C)c1ccccc1.NC(=O)C(=O)C(N)CC1CC1. The fourth-order valence-electron chi connectivity index (χ4n) is 4.39. The maximum absolute atomic E-state index is 13.0. The third-order valence-corrected chi connectivity index (χ3v) is 7.53. The average molecular weight is 724 g/mol. The maximum Gasteiger partial charge on any atom is 0.326 e. The van der Waals surface area contributed by atoms with E-state index in [-0.39, 0.29) is 12.5 Å². The third kappa shape index (κ3) is 20.9. The van der Waals surface area contributed by atoms with Gasteiger partial charge in [-0.05, 0) is 54.9 Å². The summed E-state index contributed by atoms with van der Waals surface area (Å²) < 4.78 is 5.32. The molecule has 284 valence electrons. The first-order chi connectivity index (χ1) is 23.2. The normalized spacial score (nSPS) is 17.0. The topological polar surface area (TPSA) is 191 Å². The molecular weight excluding hydrogens is 662 g/mol. The maximum atomic E-state index is 13.0. The van der Waals surface area contributed by atoms with E-state index in [1.54, 1.807) is 6.92 Å². The molecule has 3 unspecified atom stereocenters. The Bertz CT molecular complexity index is 1200. The molecule has 12 nitrogen and oxygen atoms in total. The highest BCUT2D eigenvalue weighted by atomic mass is 35.5. The van der Waals surface area contributed by atoms with Gasteiger partial charge >= 0.3 is 12.0 Å². The molecule has 0 radical (unpaired) electrons. The molecule has 6 N–H and O–H groups in total. The number of likely N-dealkylation sites (tertiary alicyclic amines) is 1. The van der Waals surface area contributed by atoms with Crippen LogP contribution in [0.2, 0.25) is 0 Å². The Kier molecular flexibility index (Phi) is 21.4. The van der Waals surface area contributed by atoms with Gasteiger partial charge in [-0.1, -0.05) is 98.6 Å². The van der Waals surface area contributed by atoms with Crippen LogP contribution in [0.15, 0.2) is 30.3 Å². The zero-order valence-corrected chi connectivity index (χ0v) is 32.3. The Balaban J connectivity index is 0.000000973. The van der Waals surface area contributed by atoms with Crippen LogP contribution in [0.1, 0.15) is 113 Å². The van der Waals surface area contributed by atoms with E-state index >= 15 is 0 Å². The number of urea groups is 1. The van der Waals surface area contributed by atoms with E-state index in [2.05, 4.69) is 38.3 Å². The number of nitrogens with two attached hydrogens (primary N) is 2. The van der Waals surface area contributed by atoms with E-state index < -0.39 is 53.3 Å². The zero-order valence-electron chi connectivity index (χ0n) is 31.6. The van der Waals surface area contributed by atoms with Crippen LogP contribution in [0.5, 0.6) is 0 Å². The first kappa shape index (κ1) is 46.5. The number of esters is 1. The molecule has 50 heavy (non-hydrogen) atoms. The summed E-state index contributed by atoms with van der Waals surface area (Å²) in [5.74, 6) is -1.10. The van der Waals surface area contributed by atoms with E-state index in [1.165, 1.54) is 4.90 Å². The zero-order chi connectivity index (χ0) is 38.7. The number of hydrogen-bond donors (Lipinski definition) is 4. The van der Waals surface area contributed by atoms with Crippen molar-refractivity contribution in [1.29, 1.82) is 0 Å². The summed E-state index contributed by atoms with van der Waals surface area (Å²) in [6.45, 7) is 18.2. The van der Waals surface area contributed by atoms with Gasteiger partial charge in [0.1, 0.15) is 25.0 Å². The average Bonchev–Trinajstić information content (AvgIpc) is 3.72. The summed E-state index contributed by atoms with van der Waals surface area (Å²) in [5.41, 5.74) is 10.9. The highest BCUT2D eigenvalue weighted by Crippen LogP contribution is 2.33. The van der Waals surface area contributed by atoms with Crippen molar-refractivity contribution >= 4 is 47.5 Å². The predicted octanol–water partition coefficient (Wildman–Crippen LogP) is 5.05. The van der Waals surface area contributed by atoms with Crippen LogP contribution in [-0.2, 0) is 28.7 Å². The number of primary amides is 1. The Hall–Kier alpha value is -3.51. The van der Waals surface area contributed by atoms with Crippen LogP contribution in [0.4, 0.5) is 4.79 Å². The summed E-state index contributed by atoms with van der Waals surface area (Å²) in [6.07, 6.45) is 5.66. The monoisotopic (exact) mass is 723 g/mol. The van der Waals surface area contributed by atoms with Crippen molar-refractivity contribution in [2.24, 2.45) is 28.2 Å². The second-order valence-corrected chi connectivity index (χ2v) is 15.6. The lowest BCUT2D eigenvalue weighted by atomic mass is 9.85. The van der Waals surface area contributed by atoms with Gasteiger partial charge in [-0.15, -0.1) is 11.6 Å². The smallest absolute Gasteiger partial charge is 0.326 e. The van der Waals surface area contributed by atoms with Crippen LogP contribution in [-0.4, -0.2) is 77.9 Å². The number of nitrogens with zero attached hydrogens (tertiary/aromatic N) is 1. The predicted molar refractivity (Wildman–Crippen MR) is 197 cm³/mol. The minimum Gasteiger partial charge on any atom is -0.456 e.